The molecule has 0 aliphatic carbocycles. The number of hydrogen-bond acceptors (Lipinski definition) is 3. The molecule has 4 heteroatoms. The normalized spacial score (nSPS) is 20.1. The van der Waals surface area contributed by atoms with E-state index in [2.05, 4.69) is 23.9 Å². The van der Waals surface area contributed by atoms with Gasteiger partial charge in [-0.3, -0.25) is 4.90 Å². The van der Waals surface area contributed by atoms with Gasteiger partial charge in [-0.25, -0.2) is 4.79 Å². The van der Waals surface area contributed by atoms with Gasteiger partial charge in [0.15, 0.2) is 0 Å². The smallest absolute Gasteiger partial charge is 0.335 e. The highest BCUT2D eigenvalue weighted by Crippen LogP contribution is 2.31. The number of carboxylic acids is 1. The number of carbonyl (C=O) groups is 1. The number of hydrogen-bond donors (Lipinski definition) is 1. The Labute approximate surface area is 114 Å². The van der Waals surface area contributed by atoms with Crippen molar-refractivity contribution < 1.29 is 9.90 Å². The van der Waals surface area contributed by atoms with Crippen LogP contribution in [0.3, 0.4) is 0 Å². The molecule has 1 N–H and O–H groups in total. The summed E-state index contributed by atoms with van der Waals surface area (Å²) in [6.07, 6.45) is 2.31. The average molecular weight is 262 g/mol. The molecule has 1 aliphatic heterocycles. The third kappa shape index (κ3) is 3.55. The lowest BCUT2D eigenvalue weighted by Crippen LogP contribution is -2.31. The molecule has 4 nitrogen and oxygen atoms in total. The predicted octanol–water partition coefficient (Wildman–Crippen LogP) is 2.08. The Morgan fingerprint density at radius 1 is 1.47 bits per heavy atom. The van der Waals surface area contributed by atoms with Crippen LogP contribution >= 0.6 is 0 Å². The Bertz CT molecular complexity index is 446. The minimum Gasteiger partial charge on any atom is -0.478 e. The van der Waals surface area contributed by atoms with Gasteiger partial charge in [0.1, 0.15) is 0 Å². The number of likely N-dealkylation sites (tertiary alicyclic amines) is 1. The molecular formula is C15H22N2O2. The van der Waals surface area contributed by atoms with Gasteiger partial charge in [-0.05, 0) is 51.2 Å². The van der Waals surface area contributed by atoms with E-state index in [0.717, 1.165) is 31.6 Å². The molecule has 0 saturated carbocycles. The SMILES string of the molecule is CN(C)CCN1CCCC1c1cccc(C(=O)O)c1. The zero-order chi connectivity index (χ0) is 13.8. The maximum Gasteiger partial charge on any atom is 0.335 e. The highest BCUT2D eigenvalue weighted by atomic mass is 16.4. The van der Waals surface area contributed by atoms with Crippen molar-refractivity contribution in [2.24, 2.45) is 0 Å². The Morgan fingerprint density at radius 2 is 2.26 bits per heavy atom. The molecule has 2 rings (SSSR count). The van der Waals surface area contributed by atoms with Gasteiger partial charge in [-0.2, -0.15) is 0 Å². The molecule has 0 aromatic heterocycles. The Morgan fingerprint density at radius 3 is 2.95 bits per heavy atom. The highest BCUT2D eigenvalue weighted by Gasteiger charge is 2.26. The molecule has 0 radical (unpaired) electrons. The zero-order valence-corrected chi connectivity index (χ0v) is 11.7. The molecule has 1 aliphatic rings. The van der Waals surface area contributed by atoms with Crippen molar-refractivity contribution in [2.75, 3.05) is 33.7 Å². The predicted molar refractivity (Wildman–Crippen MR) is 75.5 cm³/mol. The fraction of sp³-hybridized carbons (Fsp3) is 0.533. The molecule has 19 heavy (non-hydrogen) atoms. The lowest BCUT2D eigenvalue weighted by molar-refractivity contribution is 0.0696. The molecule has 0 bridgehead atoms. The Balaban J connectivity index is 2.11. The first-order valence-electron chi connectivity index (χ1n) is 6.80. The Kier molecular flexibility index (Phi) is 4.56. The fourth-order valence-corrected chi connectivity index (χ4v) is 2.68. The van der Waals surface area contributed by atoms with Gasteiger partial charge in [0.25, 0.3) is 0 Å². The largest absolute Gasteiger partial charge is 0.478 e. The molecule has 1 aromatic carbocycles. The van der Waals surface area contributed by atoms with E-state index in [9.17, 15) is 4.79 Å². The van der Waals surface area contributed by atoms with E-state index in [-0.39, 0.29) is 0 Å². The van der Waals surface area contributed by atoms with Crippen LogP contribution in [0.25, 0.3) is 0 Å². The van der Waals surface area contributed by atoms with Crippen molar-refractivity contribution in [3.05, 3.63) is 35.4 Å². The molecule has 1 atom stereocenters. The molecule has 0 amide bonds. The van der Waals surface area contributed by atoms with Gasteiger partial charge in [0, 0.05) is 19.1 Å². The van der Waals surface area contributed by atoms with E-state index >= 15 is 0 Å². The van der Waals surface area contributed by atoms with E-state index in [0.29, 0.717) is 11.6 Å². The summed E-state index contributed by atoms with van der Waals surface area (Å²) in [7, 11) is 4.16. The number of benzene rings is 1. The number of rotatable bonds is 5. The number of aromatic carboxylic acids is 1. The maximum absolute atomic E-state index is 11.0. The van der Waals surface area contributed by atoms with E-state index in [1.807, 2.05) is 18.2 Å². The molecular weight excluding hydrogens is 240 g/mol. The summed E-state index contributed by atoms with van der Waals surface area (Å²) >= 11 is 0. The molecule has 0 spiro atoms. The second kappa shape index (κ2) is 6.17. The van der Waals surface area contributed by atoms with Crippen LogP contribution in [-0.4, -0.2) is 54.6 Å². The molecule has 1 saturated heterocycles. The summed E-state index contributed by atoms with van der Waals surface area (Å²) in [5.74, 6) is -0.848. The van der Waals surface area contributed by atoms with Gasteiger partial charge in [-0.15, -0.1) is 0 Å². The van der Waals surface area contributed by atoms with E-state index in [1.54, 1.807) is 6.07 Å². The van der Waals surface area contributed by atoms with Crippen molar-refractivity contribution in [1.82, 2.24) is 9.80 Å². The standard InChI is InChI=1S/C15H22N2O2/c1-16(2)9-10-17-8-4-7-14(17)12-5-3-6-13(11-12)15(18)19/h3,5-6,11,14H,4,7-10H2,1-2H3,(H,18,19). The lowest BCUT2D eigenvalue weighted by Gasteiger charge is -2.26. The summed E-state index contributed by atoms with van der Waals surface area (Å²) in [6.45, 7) is 3.18. The third-order valence-corrected chi connectivity index (χ3v) is 3.72. The summed E-state index contributed by atoms with van der Waals surface area (Å²) < 4.78 is 0. The molecule has 104 valence electrons. The third-order valence-electron chi connectivity index (χ3n) is 3.72. The van der Waals surface area contributed by atoms with E-state index in [4.69, 9.17) is 5.11 Å². The molecule has 1 aromatic rings. The second-order valence-electron chi connectivity index (χ2n) is 5.43. The van der Waals surface area contributed by atoms with Gasteiger partial charge in [-0.1, -0.05) is 12.1 Å². The topological polar surface area (TPSA) is 43.8 Å². The van der Waals surface area contributed by atoms with Crippen LogP contribution in [0.1, 0.15) is 34.8 Å². The first-order chi connectivity index (χ1) is 9.08. The summed E-state index contributed by atoms with van der Waals surface area (Å²) in [6, 6.07) is 7.75. The van der Waals surface area contributed by atoms with E-state index in [1.165, 1.54) is 6.42 Å². The van der Waals surface area contributed by atoms with Crippen LogP contribution < -0.4 is 0 Å². The zero-order valence-electron chi connectivity index (χ0n) is 11.7. The lowest BCUT2D eigenvalue weighted by atomic mass is 10.0. The monoisotopic (exact) mass is 262 g/mol. The van der Waals surface area contributed by atoms with Crippen LogP contribution in [0.15, 0.2) is 24.3 Å². The highest BCUT2D eigenvalue weighted by molar-refractivity contribution is 5.87. The Hall–Kier alpha value is -1.39. The quantitative estimate of drug-likeness (QED) is 0.882. The van der Waals surface area contributed by atoms with Crippen LogP contribution in [0.2, 0.25) is 0 Å². The molecule has 1 unspecified atom stereocenters. The van der Waals surface area contributed by atoms with Gasteiger partial charge in [0.05, 0.1) is 5.56 Å². The minimum absolute atomic E-state index is 0.374. The molecule has 1 fully saturated rings. The van der Waals surface area contributed by atoms with Gasteiger partial charge >= 0.3 is 5.97 Å². The number of likely N-dealkylation sites (N-methyl/N-ethyl adjacent to an activating group) is 1. The van der Waals surface area contributed by atoms with Crippen molar-refractivity contribution in [3.8, 4) is 0 Å². The van der Waals surface area contributed by atoms with Crippen molar-refractivity contribution in [1.29, 1.82) is 0 Å². The minimum atomic E-state index is -0.848. The first kappa shape index (κ1) is 14.0. The fourth-order valence-electron chi connectivity index (χ4n) is 2.68. The summed E-state index contributed by atoms with van der Waals surface area (Å²) in [5.41, 5.74) is 1.52. The maximum atomic E-state index is 11.0. The van der Waals surface area contributed by atoms with Gasteiger partial charge < -0.3 is 10.0 Å². The van der Waals surface area contributed by atoms with E-state index < -0.39 is 5.97 Å². The van der Waals surface area contributed by atoms with Crippen molar-refractivity contribution in [2.45, 2.75) is 18.9 Å². The van der Waals surface area contributed by atoms with Crippen LogP contribution in [0, 0.1) is 0 Å². The van der Waals surface area contributed by atoms with Crippen molar-refractivity contribution >= 4 is 5.97 Å². The van der Waals surface area contributed by atoms with Crippen LogP contribution in [0.4, 0.5) is 0 Å². The summed E-state index contributed by atoms with van der Waals surface area (Å²) in [5, 5.41) is 9.07. The van der Waals surface area contributed by atoms with Crippen molar-refractivity contribution in [3.63, 3.8) is 0 Å². The van der Waals surface area contributed by atoms with Crippen LogP contribution in [0.5, 0.6) is 0 Å². The molecule has 1 heterocycles. The average Bonchev–Trinajstić information content (AvgIpc) is 2.84. The number of nitrogens with zero attached hydrogens (tertiary/aromatic N) is 2. The van der Waals surface area contributed by atoms with Gasteiger partial charge in [0.2, 0.25) is 0 Å². The second-order valence-corrected chi connectivity index (χ2v) is 5.43. The first-order valence-corrected chi connectivity index (χ1v) is 6.80. The number of carboxylic acid groups (broad SMARTS) is 1. The summed E-state index contributed by atoms with van der Waals surface area (Å²) in [4.78, 5) is 15.7. The van der Waals surface area contributed by atoms with Crippen LogP contribution in [-0.2, 0) is 0 Å².